The Morgan fingerprint density at radius 3 is 3.00 bits per heavy atom. The maximum Gasteiger partial charge on any atom is 0.0517 e. The molecule has 1 nitrogen and oxygen atoms in total. The molecule has 0 amide bonds. The van der Waals surface area contributed by atoms with E-state index in [1.165, 1.54) is 24.0 Å². The van der Waals surface area contributed by atoms with Crippen LogP contribution in [0, 0.1) is 0 Å². The minimum absolute atomic E-state index is 0.170. The molecular weight excluding hydrogens is 160 g/mol. The van der Waals surface area contributed by atoms with Crippen LogP contribution in [0.2, 0.25) is 0 Å². The third kappa shape index (κ3) is 1.75. The Hall–Kier alpha value is -0.820. The monoisotopic (exact) mass is 176 g/mol. The summed E-state index contributed by atoms with van der Waals surface area (Å²) in [4.78, 5) is 0. The fourth-order valence-corrected chi connectivity index (χ4v) is 2.30. The van der Waals surface area contributed by atoms with Gasteiger partial charge in [-0.2, -0.15) is 0 Å². The molecule has 1 N–H and O–H groups in total. The number of aliphatic hydroxyl groups is 1. The number of rotatable bonds is 2. The molecule has 0 aliphatic heterocycles. The molecule has 0 spiro atoms. The van der Waals surface area contributed by atoms with E-state index in [4.69, 9.17) is 0 Å². The maximum atomic E-state index is 9.34. The summed E-state index contributed by atoms with van der Waals surface area (Å²) < 4.78 is 0. The van der Waals surface area contributed by atoms with E-state index in [0.717, 1.165) is 6.42 Å². The summed E-state index contributed by atoms with van der Waals surface area (Å²) >= 11 is 0. The lowest BCUT2D eigenvalue weighted by molar-refractivity contribution is 0.174. The highest BCUT2D eigenvalue weighted by molar-refractivity contribution is 5.34. The van der Waals surface area contributed by atoms with Crippen molar-refractivity contribution >= 4 is 0 Å². The Kier molecular flexibility index (Phi) is 2.36. The normalized spacial score (nSPS) is 22.8. The second kappa shape index (κ2) is 3.51. The SMILES string of the molecule is C[C@H](O)CC1CCc2ccccc21. The molecule has 0 fully saturated rings. The van der Waals surface area contributed by atoms with Crippen LogP contribution in [-0.2, 0) is 6.42 Å². The number of aryl methyl sites for hydroxylation is 1. The summed E-state index contributed by atoms with van der Waals surface area (Å²) in [7, 11) is 0. The molecule has 0 aromatic heterocycles. The molecule has 0 heterocycles. The minimum atomic E-state index is -0.170. The zero-order chi connectivity index (χ0) is 9.26. The van der Waals surface area contributed by atoms with Crippen molar-refractivity contribution in [2.75, 3.05) is 0 Å². The van der Waals surface area contributed by atoms with Crippen LogP contribution >= 0.6 is 0 Å². The Morgan fingerprint density at radius 1 is 1.46 bits per heavy atom. The van der Waals surface area contributed by atoms with Gasteiger partial charge in [0.1, 0.15) is 0 Å². The first-order valence-electron chi connectivity index (χ1n) is 5.03. The number of benzene rings is 1. The summed E-state index contributed by atoms with van der Waals surface area (Å²) in [5.41, 5.74) is 2.94. The first-order valence-corrected chi connectivity index (χ1v) is 5.03. The van der Waals surface area contributed by atoms with Gasteiger partial charge < -0.3 is 5.11 Å². The van der Waals surface area contributed by atoms with Gasteiger partial charge in [-0.3, -0.25) is 0 Å². The van der Waals surface area contributed by atoms with Gasteiger partial charge in [0, 0.05) is 0 Å². The quantitative estimate of drug-likeness (QED) is 0.734. The Balaban J connectivity index is 2.18. The lowest BCUT2D eigenvalue weighted by Gasteiger charge is -2.12. The van der Waals surface area contributed by atoms with Crippen molar-refractivity contribution < 1.29 is 5.11 Å². The average Bonchev–Trinajstić information content (AvgIpc) is 2.48. The molecule has 1 unspecified atom stereocenters. The van der Waals surface area contributed by atoms with Crippen molar-refractivity contribution in [3.05, 3.63) is 35.4 Å². The van der Waals surface area contributed by atoms with Crippen LogP contribution < -0.4 is 0 Å². The molecule has 2 atom stereocenters. The topological polar surface area (TPSA) is 20.2 Å². The number of fused-ring (bicyclic) bond motifs is 1. The van der Waals surface area contributed by atoms with Crippen LogP contribution in [0.5, 0.6) is 0 Å². The Bertz CT molecular complexity index is 291. The van der Waals surface area contributed by atoms with Crippen molar-refractivity contribution in [1.29, 1.82) is 0 Å². The van der Waals surface area contributed by atoms with E-state index in [1.54, 1.807) is 0 Å². The third-order valence-electron chi connectivity index (χ3n) is 2.88. The highest BCUT2D eigenvalue weighted by Gasteiger charge is 2.22. The van der Waals surface area contributed by atoms with Gasteiger partial charge in [0.15, 0.2) is 0 Å². The van der Waals surface area contributed by atoms with Crippen molar-refractivity contribution in [3.8, 4) is 0 Å². The molecular formula is C12H16O. The van der Waals surface area contributed by atoms with Crippen LogP contribution in [0.15, 0.2) is 24.3 Å². The lowest BCUT2D eigenvalue weighted by Crippen LogP contribution is -2.05. The molecule has 1 aromatic carbocycles. The minimum Gasteiger partial charge on any atom is -0.393 e. The molecule has 1 aliphatic rings. The van der Waals surface area contributed by atoms with Crippen LogP contribution in [0.3, 0.4) is 0 Å². The Labute approximate surface area is 79.4 Å². The largest absolute Gasteiger partial charge is 0.393 e. The van der Waals surface area contributed by atoms with Gasteiger partial charge in [0.25, 0.3) is 0 Å². The predicted molar refractivity (Wildman–Crippen MR) is 53.8 cm³/mol. The Morgan fingerprint density at radius 2 is 2.23 bits per heavy atom. The fourth-order valence-electron chi connectivity index (χ4n) is 2.30. The van der Waals surface area contributed by atoms with Crippen LogP contribution in [0.1, 0.15) is 36.8 Å². The van der Waals surface area contributed by atoms with Gasteiger partial charge in [-0.05, 0) is 43.2 Å². The van der Waals surface area contributed by atoms with Gasteiger partial charge in [-0.25, -0.2) is 0 Å². The standard InChI is InChI=1S/C12H16O/c1-9(13)8-11-7-6-10-4-2-3-5-12(10)11/h2-5,9,11,13H,6-8H2,1H3/t9-,11?/m0/s1. The van der Waals surface area contributed by atoms with E-state index < -0.39 is 0 Å². The van der Waals surface area contributed by atoms with E-state index in [0.29, 0.717) is 5.92 Å². The second-order valence-electron chi connectivity index (χ2n) is 4.02. The van der Waals surface area contributed by atoms with E-state index in [2.05, 4.69) is 24.3 Å². The number of hydrogen-bond donors (Lipinski definition) is 1. The van der Waals surface area contributed by atoms with Crippen molar-refractivity contribution in [2.24, 2.45) is 0 Å². The maximum absolute atomic E-state index is 9.34. The first-order chi connectivity index (χ1) is 6.27. The highest BCUT2D eigenvalue weighted by atomic mass is 16.3. The van der Waals surface area contributed by atoms with Gasteiger partial charge in [0.05, 0.1) is 6.10 Å². The fraction of sp³-hybridized carbons (Fsp3) is 0.500. The molecule has 1 heteroatoms. The van der Waals surface area contributed by atoms with Crippen molar-refractivity contribution in [1.82, 2.24) is 0 Å². The van der Waals surface area contributed by atoms with E-state index >= 15 is 0 Å². The summed E-state index contributed by atoms with van der Waals surface area (Å²) in [6.45, 7) is 1.88. The molecule has 0 saturated carbocycles. The summed E-state index contributed by atoms with van der Waals surface area (Å²) in [5, 5.41) is 9.34. The zero-order valence-electron chi connectivity index (χ0n) is 8.03. The van der Waals surface area contributed by atoms with E-state index in [9.17, 15) is 5.11 Å². The second-order valence-corrected chi connectivity index (χ2v) is 4.02. The summed E-state index contributed by atoms with van der Waals surface area (Å²) in [6, 6.07) is 8.61. The van der Waals surface area contributed by atoms with Gasteiger partial charge in [-0.1, -0.05) is 24.3 Å². The van der Waals surface area contributed by atoms with Crippen LogP contribution in [0.25, 0.3) is 0 Å². The molecule has 0 bridgehead atoms. The lowest BCUT2D eigenvalue weighted by atomic mass is 9.96. The number of aliphatic hydroxyl groups excluding tert-OH is 1. The van der Waals surface area contributed by atoms with Gasteiger partial charge >= 0.3 is 0 Å². The molecule has 0 saturated heterocycles. The third-order valence-corrected chi connectivity index (χ3v) is 2.88. The summed E-state index contributed by atoms with van der Waals surface area (Å²) in [6.07, 6.45) is 3.14. The van der Waals surface area contributed by atoms with Crippen LogP contribution in [-0.4, -0.2) is 11.2 Å². The van der Waals surface area contributed by atoms with Crippen molar-refractivity contribution in [3.63, 3.8) is 0 Å². The van der Waals surface area contributed by atoms with Gasteiger partial charge in [0.2, 0.25) is 0 Å². The predicted octanol–water partition coefficient (Wildman–Crippen LogP) is 2.49. The highest BCUT2D eigenvalue weighted by Crippen LogP contribution is 2.35. The average molecular weight is 176 g/mol. The molecule has 70 valence electrons. The summed E-state index contributed by atoms with van der Waals surface area (Å²) in [5.74, 6) is 0.594. The molecule has 2 rings (SSSR count). The molecule has 1 aliphatic carbocycles. The van der Waals surface area contributed by atoms with Crippen molar-refractivity contribution in [2.45, 2.75) is 38.2 Å². The van der Waals surface area contributed by atoms with E-state index in [-0.39, 0.29) is 6.10 Å². The first kappa shape index (κ1) is 8.76. The van der Waals surface area contributed by atoms with E-state index in [1.807, 2.05) is 6.92 Å². The smallest absolute Gasteiger partial charge is 0.0517 e. The molecule has 1 aromatic rings. The van der Waals surface area contributed by atoms with Gasteiger partial charge in [-0.15, -0.1) is 0 Å². The zero-order valence-corrected chi connectivity index (χ0v) is 8.03. The van der Waals surface area contributed by atoms with Crippen LogP contribution in [0.4, 0.5) is 0 Å². The number of hydrogen-bond acceptors (Lipinski definition) is 1. The molecule has 13 heavy (non-hydrogen) atoms. The molecule has 0 radical (unpaired) electrons.